The van der Waals surface area contributed by atoms with Crippen LogP contribution in [-0.4, -0.2) is 35.6 Å². The van der Waals surface area contributed by atoms with Crippen LogP contribution in [0.5, 0.6) is 0 Å². The van der Waals surface area contributed by atoms with E-state index in [1.807, 2.05) is 0 Å². The van der Waals surface area contributed by atoms with Crippen molar-refractivity contribution in [3.8, 4) is 0 Å². The van der Waals surface area contributed by atoms with Crippen molar-refractivity contribution in [1.82, 2.24) is 20.3 Å². The molecule has 1 heterocycles. The Balaban J connectivity index is 1.89. The van der Waals surface area contributed by atoms with Gasteiger partial charge in [0.1, 0.15) is 6.54 Å². The maximum absolute atomic E-state index is 11.7. The van der Waals surface area contributed by atoms with Gasteiger partial charge in [0.25, 0.3) is 0 Å². The van der Waals surface area contributed by atoms with Crippen LogP contribution in [0.3, 0.4) is 0 Å². The van der Waals surface area contributed by atoms with Crippen LogP contribution < -0.4 is 11.1 Å². The Morgan fingerprint density at radius 2 is 2.00 bits per heavy atom. The molecule has 0 spiro atoms. The highest BCUT2D eigenvalue weighted by Crippen LogP contribution is 2.10. The van der Waals surface area contributed by atoms with Gasteiger partial charge in [-0.3, -0.25) is 4.79 Å². The van der Waals surface area contributed by atoms with Gasteiger partial charge in [-0.2, -0.15) is 9.90 Å². The first-order chi connectivity index (χ1) is 9.84. The van der Waals surface area contributed by atoms with Gasteiger partial charge >= 0.3 is 0 Å². The molecular formula is C12H15N5O3S. The summed E-state index contributed by atoms with van der Waals surface area (Å²) in [6, 6.07) is 6.32. The number of nitrogens with two attached hydrogens (primary N) is 1. The second kappa shape index (κ2) is 5.92. The van der Waals surface area contributed by atoms with E-state index < -0.39 is 9.84 Å². The quantitative estimate of drug-likeness (QED) is 0.774. The van der Waals surface area contributed by atoms with E-state index in [4.69, 9.17) is 5.73 Å². The highest BCUT2D eigenvalue weighted by molar-refractivity contribution is 7.90. The van der Waals surface area contributed by atoms with Gasteiger partial charge in [-0.05, 0) is 17.7 Å². The Bertz CT molecular complexity index is 737. The van der Waals surface area contributed by atoms with Crippen LogP contribution in [0.4, 0.5) is 5.82 Å². The van der Waals surface area contributed by atoms with Gasteiger partial charge in [0.15, 0.2) is 15.7 Å². The van der Waals surface area contributed by atoms with Crippen LogP contribution in [0.15, 0.2) is 35.4 Å². The van der Waals surface area contributed by atoms with E-state index in [0.717, 1.165) is 11.8 Å². The largest absolute Gasteiger partial charge is 0.381 e. The van der Waals surface area contributed by atoms with Crippen LogP contribution in [0.2, 0.25) is 0 Å². The number of carbonyl (C=O) groups is 1. The molecule has 0 radical (unpaired) electrons. The van der Waals surface area contributed by atoms with Crippen molar-refractivity contribution in [1.29, 1.82) is 0 Å². The fourth-order valence-electron chi connectivity index (χ4n) is 1.63. The predicted octanol–water partition coefficient (Wildman–Crippen LogP) is -0.420. The summed E-state index contributed by atoms with van der Waals surface area (Å²) in [5.74, 6) is -0.0167. The standard InChI is InChI=1S/C12H15N5O3S/c1-21(19,20)10-4-2-9(3-5-10)6-14-12(18)8-17-15-7-11(13)16-17/h2-5,7H,6,8H2,1H3,(H2,13,16)(H,14,18). The Morgan fingerprint density at radius 1 is 1.33 bits per heavy atom. The summed E-state index contributed by atoms with van der Waals surface area (Å²) >= 11 is 0. The molecule has 0 saturated carbocycles. The van der Waals surface area contributed by atoms with E-state index >= 15 is 0 Å². The maximum Gasteiger partial charge on any atom is 0.243 e. The summed E-state index contributed by atoms with van der Waals surface area (Å²) < 4.78 is 22.6. The normalized spacial score (nSPS) is 11.3. The number of nitrogen functional groups attached to an aromatic ring is 1. The van der Waals surface area contributed by atoms with Crippen LogP contribution in [0.25, 0.3) is 0 Å². The molecule has 112 valence electrons. The molecule has 21 heavy (non-hydrogen) atoms. The van der Waals surface area contributed by atoms with Crippen molar-refractivity contribution in [3.05, 3.63) is 36.0 Å². The number of benzene rings is 1. The summed E-state index contributed by atoms with van der Waals surface area (Å²) in [5, 5.41) is 10.3. The fraction of sp³-hybridized carbons (Fsp3) is 0.250. The maximum atomic E-state index is 11.7. The van der Waals surface area contributed by atoms with Crippen molar-refractivity contribution in [2.24, 2.45) is 0 Å². The molecule has 0 unspecified atom stereocenters. The van der Waals surface area contributed by atoms with Gasteiger partial charge in [0.05, 0.1) is 11.1 Å². The Morgan fingerprint density at radius 3 is 2.52 bits per heavy atom. The number of rotatable bonds is 5. The topological polar surface area (TPSA) is 120 Å². The highest BCUT2D eigenvalue weighted by atomic mass is 32.2. The monoisotopic (exact) mass is 309 g/mol. The molecule has 0 aliphatic rings. The van der Waals surface area contributed by atoms with E-state index in [-0.39, 0.29) is 23.2 Å². The number of hydrogen-bond donors (Lipinski definition) is 2. The van der Waals surface area contributed by atoms with Crippen molar-refractivity contribution in [3.63, 3.8) is 0 Å². The lowest BCUT2D eigenvalue weighted by atomic mass is 10.2. The zero-order valence-electron chi connectivity index (χ0n) is 11.4. The molecule has 3 N–H and O–H groups in total. The van der Waals surface area contributed by atoms with Crippen LogP contribution in [0, 0.1) is 0 Å². The molecule has 2 aromatic rings. The number of sulfone groups is 1. The molecule has 0 aliphatic carbocycles. The van der Waals surface area contributed by atoms with E-state index in [1.54, 1.807) is 12.1 Å². The van der Waals surface area contributed by atoms with Crippen LogP contribution >= 0.6 is 0 Å². The molecule has 8 nitrogen and oxygen atoms in total. The van der Waals surface area contributed by atoms with Gasteiger partial charge in [-0.25, -0.2) is 8.42 Å². The second-order valence-electron chi connectivity index (χ2n) is 4.49. The van der Waals surface area contributed by atoms with E-state index in [9.17, 15) is 13.2 Å². The molecular weight excluding hydrogens is 294 g/mol. The number of aromatic nitrogens is 3. The molecule has 1 aromatic carbocycles. The van der Waals surface area contributed by atoms with Crippen molar-refractivity contribution in [2.45, 2.75) is 18.0 Å². The highest BCUT2D eigenvalue weighted by Gasteiger charge is 2.07. The number of nitrogens with one attached hydrogen (secondary N) is 1. The average molecular weight is 309 g/mol. The predicted molar refractivity (Wildman–Crippen MR) is 75.8 cm³/mol. The minimum absolute atomic E-state index is 0.0291. The first-order valence-corrected chi connectivity index (χ1v) is 7.95. The molecule has 9 heteroatoms. The molecule has 0 fully saturated rings. The number of nitrogens with zero attached hydrogens (tertiary/aromatic N) is 3. The minimum Gasteiger partial charge on any atom is -0.381 e. The van der Waals surface area contributed by atoms with Gasteiger partial charge in [-0.1, -0.05) is 12.1 Å². The lowest BCUT2D eigenvalue weighted by Crippen LogP contribution is -2.28. The fourth-order valence-corrected chi connectivity index (χ4v) is 2.26. The molecule has 1 aromatic heterocycles. The third-order valence-electron chi connectivity index (χ3n) is 2.68. The molecule has 0 aliphatic heterocycles. The lowest BCUT2D eigenvalue weighted by molar-refractivity contribution is -0.122. The molecule has 1 amide bonds. The van der Waals surface area contributed by atoms with Crippen molar-refractivity contribution < 1.29 is 13.2 Å². The van der Waals surface area contributed by atoms with E-state index in [2.05, 4.69) is 15.5 Å². The van der Waals surface area contributed by atoms with Gasteiger partial charge in [0.2, 0.25) is 5.91 Å². The molecule has 0 bridgehead atoms. The number of carbonyl (C=O) groups excluding carboxylic acids is 1. The zero-order chi connectivity index (χ0) is 15.5. The van der Waals surface area contributed by atoms with Gasteiger partial charge in [0, 0.05) is 12.8 Å². The van der Waals surface area contributed by atoms with Gasteiger partial charge in [-0.15, -0.1) is 5.10 Å². The SMILES string of the molecule is CS(=O)(=O)c1ccc(CNC(=O)Cn2ncc(N)n2)cc1. The third kappa shape index (κ3) is 4.28. The van der Waals surface area contributed by atoms with Crippen molar-refractivity contribution >= 4 is 21.6 Å². The van der Waals surface area contributed by atoms with E-state index in [0.29, 0.717) is 6.54 Å². The first-order valence-electron chi connectivity index (χ1n) is 6.06. The number of anilines is 1. The summed E-state index contributed by atoms with van der Waals surface area (Å²) in [4.78, 5) is 13.1. The number of hydrogen-bond acceptors (Lipinski definition) is 6. The molecule has 0 saturated heterocycles. The third-order valence-corrected chi connectivity index (χ3v) is 3.81. The zero-order valence-corrected chi connectivity index (χ0v) is 12.2. The summed E-state index contributed by atoms with van der Waals surface area (Å²) in [6.45, 7) is 0.262. The Kier molecular flexibility index (Phi) is 4.22. The van der Waals surface area contributed by atoms with Crippen molar-refractivity contribution in [2.75, 3.05) is 12.0 Å². The van der Waals surface area contributed by atoms with Crippen LogP contribution in [0.1, 0.15) is 5.56 Å². The summed E-state index contributed by atoms with van der Waals surface area (Å²) in [6.07, 6.45) is 2.50. The van der Waals surface area contributed by atoms with Crippen LogP contribution in [-0.2, 0) is 27.7 Å². The first kappa shape index (κ1) is 15.0. The summed E-state index contributed by atoms with van der Waals surface area (Å²) in [7, 11) is -3.21. The number of amides is 1. The second-order valence-corrected chi connectivity index (χ2v) is 6.51. The average Bonchev–Trinajstić information content (AvgIpc) is 2.81. The summed E-state index contributed by atoms with van der Waals surface area (Å²) in [5.41, 5.74) is 6.19. The Labute approximate surface area is 121 Å². The Hall–Kier alpha value is -2.42. The smallest absolute Gasteiger partial charge is 0.243 e. The molecule has 2 rings (SSSR count). The van der Waals surface area contributed by atoms with E-state index in [1.165, 1.54) is 23.1 Å². The minimum atomic E-state index is -3.21. The van der Waals surface area contributed by atoms with Gasteiger partial charge < -0.3 is 11.1 Å². The molecule has 0 atom stereocenters. The lowest BCUT2D eigenvalue weighted by Gasteiger charge is -2.06.